The fraction of sp³-hybridized carbons (Fsp3) is 0.0909. The standard InChI is InChI=1S/C11H9N3O3S/c15-10(14-5-8-4-12-6-18-8)7-1-2-13-9(3-7)11(16)17/h1-4,6H,5H2,(H,14,15)(H,16,17). The van der Waals surface area contributed by atoms with Gasteiger partial charge in [0.1, 0.15) is 5.69 Å². The number of carbonyl (C=O) groups is 2. The van der Waals surface area contributed by atoms with Crippen molar-refractivity contribution in [1.29, 1.82) is 0 Å². The lowest BCUT2D eigenvalue weighted by molar-refractivity contribution is 0.0690. The molecule has 0 unspecified atom stereocenters. The first-order valence-corrected chi connectivity index (χ1v) is 5.89. The van der Waals surface area contributed by atoms with Gasteiger partial charge in [0.15, 0.2) is 0 Å². The molecule has 1 amide bonds. The Hall–Kier alpha value is -2.28. The lowest BCUT2D eigenvalue weighted by Gasteiger charge is -2.03. The summed E-state index contributed by atoms with van der Waals surface area (Å²) in [6.45, 7) is 0.369. The molecule has 0 aliphatic carbocycles. The van der Waals surface area contributed by atoms with Crippen LogP contribution in [0.1, 0.15) is 25.7 Å². The minimum Gasteiger partial charge on any atom is -0.477 e. The van der Waals surface area contributed by atoms with Crippen LogP contribution >= 0.6 is 11.3 Å². The molecule has 0 spiro atoms. The summed E-state index contributed by atoms with van der Waals surface area (Å²) in [4.78, 5) is 30.9. The molecule has 0 radical (unpaired) electrons. The second-order valence-corrected chi connectivity index (χ2v) is 4.36. The second-order valence-electron chi connectivity index (χ2n) is 3.39. The highest BCUT2D eigenvalue weighted by molar-refractivity contribution is 7.09. The number of thiazole rings is 1. The molecule has 0 aliphatic heterocycles. The lowest BCUT2D eigenvalue weighted by atomic mass is 10.2. The van der Waals surface area contributed by atoms with Gasteiger partial charge in [-0.05, 0) is 12.1 Å². The van der Waals surface area contributed by atoms with E-state index in [1.807, 2.05) is 0 Å². The molecule has 0 atom stereocenters. The van der Waals surface area contributed by atoms with Gasteiger partial charge in [-0.1, -0.05) is 0 Å². The zero-order valence-electron chi connectivity index (χ0n) is 9.16. The van der Waals surface area contributed by atoms with Crippen LogP contribution in [0.3, 0.4) is 0 Å². The van der Waals surface area contributed by atoms with E-state index in [1.165, 1.54) is 29.7 Å². The summed E-state index contributed by atoms with van der Waals surface area (Å²) in [6.07, 6.45) is 2.96. The van der Waals surface area contributed by atoms with Crippen molar-refractivity contribution in [2.75, 3.05) is 0 Å². The molecular formula is C11H9N3O3S. The van der Waals surface area contributed by atoms with E-state index in [0.29, 0.717) is 6.54 Å². The minimum atomic E-state index is -1.16. The summed E-state index contributed by atoms with van der Waals surface area (Å²) >= 11 is 1.44. The van der Waals surface area contributed by atoms with Crippen molar-refractivity contribution in [3.05, 3.63) is 46.2 Å². The Kier molecular flexibility index (Phi) is 3.63. The smallest absolute Gasteiger partial charge is 0.354 e. The first kappa shape index (κ1) is 12.2. The Morgan fingerprint density at radius 1 is 1.44 bits per heavy atom. The van der Waals surface area contributed by atoms with Gasteiger partial charge in [0.2, 0.25) is 0 Å². The molecular weight excluding hydrogens is 254 g/mol. The SMILES string of the molecule is O=C(NCc1cncs1)c1ccnc(C(=O)O)c1. The average molecular weight is 263 g/mol. The van der Waals surface area contributed by atoms with Crippen molar-refractivity contribution in [3.8, 4) is 0 Å². The third-order valence-corrected chi connectivity index (χ3v) is 2.93. The summed E-state index contributed by atoms with van der Waals surface area (Å²) in [5.74, 6) is -1.50. The van der Waals surface area contributed by atoms with Crippen molar-refractivity contribution in [1.82, 2.24) is 15.3 Å². The highest BCUT2D eigenvalue weighted by Crippen LogP contribution is 2.06. The number of hydrogen-bond acceptors (Lipinski definition) is 5. The monoisotopic (exact) mass is 263 g/mol. The van der Waals surface area contributed by atoms with Crippen molar-refractivity contribution in [3.63, 3.8) is 0 Å². The van der Waals surface area contributed by atoms with Gasteiger partial charge < -0.3 is 10.4 Å². The quantitative estimate of drug-likeness (QED) is 0.863. The molecule has 92 valence electrons. The van der Waals surface area contributed by atoms with Crippen molar-refractivity contribution < 1.29 is 14.7 Å². The largest absolute Gasteiger partial charge is 0.477 e. The van der Waals surface area contributed by atoms with Crippen LogP contribution in [0.5, 0.6) is 0 Å². The number of aromatic carboxylic acids is 1. The Balaban J connectivity index is 2.04. The van der Waals surface area contributed by atoms with Gasteiger partial charge in [-0.25, -0.2) is 9.78 Å². The number of nitrogens with zero attached hydrogens (tertiary/aromatic N) is 2. The number of pyridine rings is 1. The van der Waals surface area contributed by atoms with Crippen LogP contribution in [0.25, 0.3) is 0 Å². The maximum Gasteiger partial charge on any atom is 0.354 e. The summed E-state index contributed by atoms with van der Waals surface area (Å²) in [5, 5.41) is 11.4. The summed E-state index contributed by atoms with van der Waals surface area (Å²) in [7, 11) is 0. The number of hydrogen-bond donors (Lipinski definition) is 2. The summed E-state index contributed by atoms with van der Waals surface area (Å²) in [5.41, 5.74) is 1.79. The van der Waals surface area contributed by atoms with E-state index in [-0.39, 0.29) is 17.2 Å². The molecule has 2 heterocycles. The number of carbonyl (C=O) groups excluding carboxylic acids is 1. The molecule has 18 heavy (non-hydrogen) atoms. The van der Waals surface area contributed by atoms with Gasteiger partial charge >= 0.3 is 5.97 Å². The fourth-order valence-electron chi connectivity index (χ4n) is 1.29. The minimum absolute atomic E-state index is 0.152. The predicted octanol–water partition coefficient (Wildman–Crippen LogP) is 1.17. The van der Waals surface area contributed by atoms with E-state index in [0.717, 1.165) is 4.88 Å². The molecule has 0 saturated heterocycles. The zero-order chi connectivity index (χ0) is 13.0. The average Bonchev–Trinajstić information content (AvgIpc) is 2.89. The van der Waals surface area contributed by atoms with E-state index in [4.69, 9.17) is 5.11 Å². The van der Waals surface area contributed by atoms with E-state index in [9.17, 15) is 9.59 Å². The van der Waals surface area contributed by atoms with Gasteiger partial charge in [0.05, 0.1) is 12.1 Å². The third-order valence-electron chi connectivity index (χ3n) is 2.15. The van der Waals surface area contributed by atoms with Gasteiger partial charge in [0.25, 0.3) is 5.91 Å². The number of aromatic nitrogens is 2. The Morgan fingerprint density at radius 3 is 2.94 bits per heavy atom. The molecule has 2 N–H and O–H groups in total. The molecule has 0 fully saturated rings. The first-order chi connectivity index (χ1) is 8.66. The highest BCUT2D eigenvalue weighted by atomic mass is 32.1. The van der Waals surface area contributed by atoms with E-state index in [1.54, 1.807) is 11.7 Å². The number of nitrogens with one attached hydrogen (secondary N) is 1. The van der Waals surface area contributed by atoms with Crippen LogP contribution in [0.2, 0.25) is 0 Å². The highest BCUT2D eigenvalue weighted by Gasteiger charge is 2.10. The molecule has 2 aromatic rings. The Bertz CT molecular complexity index is 569. The number of amides is 1. The van der Waals surface area contributed by atoms with E-state index >= 15 is 0 Å². The molecule has 7 heteroatoms. The first-order valence-electron chi connectivity index (χ1n) is 5.02. The van der Waals surface area contributed by atoms with Crippen LogP contribution in [-0.4, -0.2) is 27.0 Å². The van der Waals surface area contributed by atoms with Crippen LogP contribution < -0.4 is 5.32 Å². The zero-order valence-corrected chi connectivity index (χ0v) is 9.98. The summed E-state index contributed by atoms with van der Waals surface area (Å²) < 4.78 is 0. The lowest BCUT2D eigenvalue weighted by Crippen LogP contribution is -2.22. The van der Waals surface area contributed by atoms with Gasteiger partial charge in [-0.2, -0.15) is 0 Å². The molecule has 6 nitrogen and oxygen atoms in total. The second kappa shape index (κ2) is 5.37. The van der Waals surface area contributed by atoms with Crippen molar-refractivity contribution in [2.24, 2.45) is 0 Å². The van der Waals surface area contributed by atoms with Gasteiger partial charge in [0, 0.05) is 22.8 Å². The molecule has 2 aromatic heterocycles. The Labute approximate surface area is 106 Å². The van der Waals surface area contributed by atoms with E-state index in [2.05, 4.69) is 15.3 Å². The normalized spacial score (nSPS) is 10.0. The predicted molar refractivity (Wildman–Crippen MR) is 64.5 cm³/mol. The van der Waals surface area contributed by atoms with Crippen LogP contribution in [0.15, 0.2) is 30.0 Å². The van der Waals surface area contributed by atoms with Gasteiger partial charge in [-0.15, -0.1) is 11.3 Å². The maximum atomic E-state index is 11.8. The van der Waals surface area contributed by atoms with E-state index < -0.39 is 5.97 Å². The van der Waals surface area contributed by atoms with Gasteiger partial charge in [-0.3, -0.25) is 9.78 Å². The molecule has 2 rings (SSSR count). The fourth-order valence-corrected chi connectivity index (χ4v) is 1.82. The summed E-state index contributed by atoms with van der Waals surface area (Å²) in [6, 6.07) is 2.71. The molecule has 0 aromatic carbocycles. The number of carboxylic acids is 1. The molecule has 0 aliphatic rings. The molecule has 0 bridgehead atoms. The van der Waals surface area contributed by atoms with Crippen LogP contribution in [-0.2, 0) is 6.54 Å². The van der Waals surface area contributed by atoms with Crippen LogP contribution in [0, 0.1) is 0 Å². The topological polar surface area (TPSA) is 92.2 Å². The van der Waals surface area contributed by atoms with Crippen LogP contribution in [0.4, 0.5) is 0 Å². The van der Waals surface area contributed by atoms with Crippen molar-refractivity contribution >= 4 is 23.2 Å². The third kappa shape index (κ3) is 2.89. The number of carboxylic acid groups (broad SMARTS) is 1. The maximum absolute atomic E-state index is 11.8. The number of rotatable bonds is 4. The Morgan fingerprint density at radius 2 is 2.28 bits per heavy atom. The van der Waals surface area contributed by atoms with Crippen molar-refractivity contribution in [2.45, 2.75) is 6.54 Å². The molecule has 0 saturated carbocycles.